The molecule has 2 aromatic heterocycles. The molecule has 0 saturated heterocycles. The van der Waals surface area contributed by atoms with Crippen LogP contribution in [0.3, 0.4) is 0 Å². The number of ether oxygens (including phenoxy) is 9. The fraction of sp³-hybridized carbons (Fsp3) is 0.655. The third-order valence-corrected chi connectivity index (χ3v) is 13.2. The van der Waals surface area contributed by atoms with E-state index in [0.717, 1.165) is 55.2 Å². The molecule has 0 radical (unpaired) electrons. The molecule has 5 rings (SSSR count). The highest BCUT2D eigenvalue weighted by molar-refractivity contribution is 8.03. The van der Waals surface area contributed by atoms with Gasteiger partial charge in [-0.25, -0.2) is 9.07 Å². The third-order valence-electron chi connectivity index (χ3n) is 12.0. The minimum atomic E-state index is -0.481. The highest BCUT2D eigenvalue weighted by Gasteiger charge is 2.22. The number of carbonyl (C=O) groups is 1. The molecule has 0 aliphatic carbocycles. The van der Waals surface area contributed by atoms with Crippen molar-refractivity contribution in [2.24, 2.45) is 0 Å². The number of halogens is 1. The number of alkyl halides is 1. The minimum absolute atomic E-state index is 0.105. The largest absolute Gasteiger partial charge is 0.381 e. The number of anilines is 1. The number of unbranched alkanes of at least 4 members (excludes halogenated alkanes) is 3. The second-order valence-electron chi connectivity index (χ2n) is 19.6. The van der Waals surface area contributed by atoms with Gasteiger partial charge >= 0.3 is 0 Å². The number of benzene rings is 2. The summed E-state index contributed by atoms with van der Waals surface area (Å²) in [6, 6.07) is 19.6. The van der Waals surface area contributed by atoms with Crippen molar-refractivity contribution in [2.45, 2.75) is 95.7 Å². The van der Waals surface area contributed by atoms with Crippen molar-refractivity contribution in [1.82, 2.24) is 20.3 Å². The zero-order valence-corrected chi connectivity index (χ0v) is 48.1. The van der Waals surface area contributed by atoms with E-state index in [4.69, 9.17) is 42.6 Å². The lowest BCUT2D eigenvalue weighted by Gasteiger charge is -2.23. The van der Waals surface area contributed by atoms with Gasteiger partial charge in [-0.1, -0.05) is 67.4 Å². The van der Waals surface area contributed by atoms with E-state index < -0.39 is 6.67 Å². The predicted octanol–water partition coefficient (Wildman–Crippen LogP) is 8.31. The van der Waals surface area contributed by atoms with Crippen LogP contribution in [0.25, 0.3) is 17.0 Å². The first-order valence-electron chi connectivity index (χ1n) is 28.0. The second kappa shape index (κ2) is 41.9. The molecule has 77 heavy (non-hydrogen) atoms. The number of rotatable bonds is 45. The van der Waals surface area contributed by atoms with E-state index in [1.54, 1.807) is 4.68 Å². The van der Waals surface area contributed by atoms with Gasteiger partial charge in [0.05, 0.1) is 129 Å². The smallest absolute Gasteiger partial charge is 0.220 e. The van der Waals surface area contributed by atoms with Crippen molar-refractivity contribution in [3.63, 3.8) is 0 Å². The van der Waals surface area contributed by atoms with Crippen LogP contribution in [0.2, 0.25) is 0 Å². The lowest BCUT2D eigenvalue weighted by Crippen LogP contribution is -2.40. The molecule has 1 N–H and O–H groups in total. The Bertz CT molecular complexity index is 2170. The number of quaternary nitrogens is 1. The topological polar surface area (TPSA) is 150 Å². The summed E-state index contributed by atoms with van der Waals surface area (Å²) in [5.74, 6) is 0.106. The van der Waals surface area contributed by atoms with Crippen LogP contribution in [-0.4, -0.2) is 186 Å². The first kappa shape index (κ1) is 65.4. The Balaban J connectivity index is 0.000000381. The zero-order chi connectivity index (χ0) is 54.9. The summed E-state index contributed by atoms with van der Waals surface area (Å²) in [5, 5.41) is 13.6. The number of nitrogens with one attached hydrogen (secondary N) is 1. The summed E-state index contributed by atoms with van der Waals surface area (Å²) in [6.45, 7) is 14.6. The van der Waals surface area contributed by atoms with Gasteiger partial charge in [0.25, 0.3) is 0 Å². The average molecular weight is 1100 g/mol. The van der Waals surface area contributed by atoms with Gasteiger partial charge in [-0.05, 0) is 61.9 Å². The van der Waals surface area contributed by atoms with E-state index in [1.165, 1.54) is 57.9 Å². The van der Waals surface area contributed by atoms with Crippen LogP contribution in [0.15, 0.2) is 76.9 Å². The molecular formula is C58H94FN7O10S+2. The van der Waals surface area contributed by atoms with E-state index in [0.29, 0.717) is 132 Å². The standard InChI is InChI=1S/C34H65FN4O10.C24H29N3S/c1-2-3-4-5-10-34(40)36-12-23-47-27-25-45-21-9-19-43-17-7-15-41-14-6-16-42-18-8-20-44-24-13-39-31-33(37-38-39)32-49-30-29-48-28-26-46-22-11-35;1-25-22-12-7-8-13-23(22)28-24(25)18-19-14-16-26(15-9-17-27(2,3)4)21-11-6-5-10-20(19)21/h31H,2-30,32H2,1H3,(H,36,40);5-8,10-14,16,18H,9,15,17H2,1-4H3/q;+2/i35-1;. The van der Waals surface area contributed by atoms with Crippen LogP contribution >= 0.6 is 11.8 Å². The summed E-state index contributed by atoms with van der Waals surface area (Å²) in [7, 11) is 8.92. The SMILES string of the molecule is CCCCCCC(=O)NCCOCCOCCCOCCCOCCCOCCCOCCn1cc(COCCOCCOCC[18F])nn1.CN1/C(=C/c2cc[n+](CCC[N+](C)(C)C)c3ccccc23)Sc2ccccc21. The highest BCUT2D eigenvalue weighted by Crippen LogP contribution is 2.45. The monoisotopic (exact) mass is 1100 g/mol. The van der Waals surface area contributed by atoms with Crippen molar-refractivity contribution in [3.8, 4) is 0 Å². The number of para-hydroxylation sites is 2. The molecule has 1 aliphatic rings. The Morgan fingerprint density at radius 2 is 1.26 bits per heavy atom. The van der Waals surface area contributed by atoms with E-state index in [-0.39, 0.29) is 12.5 Å². The molecule has 432 valence electrons. The van der Waals surface area contributed by atoms with Gasteiger partial charge in [0.2, 0.25) is 11.4 Å². The summed E-state index contributed by atoms with van der Waals surface area (Å²) in [6.07, 6.45) is 16.0. The highest BCUT2D eigenvalue weighted by atomic mass is 32.2. The van der Waals surface area contributed by atoms with E-state index in [9.17, 15) is 9.18 Å². The number of aryl methyl sites for hydroxylation is 1. The van der Waals surface area contributed by atoms with Crippen LogP contribution in [0.5, 0.6) is 0 Å². The van der Waals surface area contributed by atoms with Gasteiger partial charge in [-0.15, -0.1) is 5.10 Å². The molecule has 0 fully saturated rings. The molecule has 1 amide bonds. The number of amides is 1. The second-order valence-corrected chi connectivity index (χ2v) is 20.7. The third kappa shape index (κ3) is 30.2. The van der Waals surface area contributed by atoms with Crippen LogP contribution in [-0.2, 0) is 67.1 Å². The predicted molar refractivity (Wildman–Crippen MR) is 303 cm³/mol. The van der Waals surface area contributed by atoms with Crippen molar-refractivity contribution in [2.75, 3.05) is 165 Å². The molecule has 1 aliphatic heterocycles. The number of fused-ring (bicyclic) bond motifs is 2. The lowest BCUT2D eigenvalue weighted by molar-refractivity contribution is -0.873. The van der Waals surface area contributed by atoms with E-state index in [1.807, 2.05) is 18.0 Å². The molecule has 0 saturated carbocycles. The van der Waals surface area contributed by atoms with Gasteiger partial charge in [-0.3, -0.25) is 4.79 Å². The van der Waals surface area contributed by atoms with Gasteiger partial charge in [-0.2, -0.15) is 4.57 Å². The molecular weight excluding hydrogens is 1000 g/mol. The fourth-order valence-corrected chi connectivity index (χ4v) is 9.02. The van der Waals surface area contributed by atoms with Gasteiger partial charge < -0.3 is 57.3 Å². The number of pyridine rings is 1. The summed E-state index contributed by atoms with van der Waals surface area (Å²) in [4.78, 5) is 15.3. The molecule has 4 aromatic rings. The molecule has 17 nitrogen and oxygen atoms in total. The first-order valence-corrected chi connectivity index (χ1v) is 28.9. The fourth-order valence-electron chi connectivity index (χ4n) is 7.91. The number of carbonyl (C=O) groups excluding carboxylic acids is 1. The van der Waals surface area contributed by atoms with Crippen LogP contribution in [0.4, 0.5) is 10.1 Å². The Labute approximate surface area is 463 Å². The molecule has 3 heterocycles. The number of aromatic nitrogens is 4. The van der Waals surface area contributed by atoms with Gasteiger partial charge in [0, 0.05) is 89.9 Å². The number of hydrogen-bond donors (Lipinski definition) is 1. The summed E-state index contributed by atoms with van der Waals surface area (Å²) < 4.78 is 66.5. The van der Waals surface area contributed by atoms with Crippen molar-refractivity contribution in [1.29, 1.82) is 0 Å². The maximum Gasteiger partial charge on any atom is 0.220 e. The van der Waals surface area contributed by atoms with Crippen molar-refractivity contribution >= 4 is 40.3 Å². The Hall–Kier alpha value is -4.12. The number of hydrogen-bond acceptors (Lipinski definition) is 14. The number of thioether (sulfide) groups is 1. The summed E-state index contributed by atoms with van der Waals surface area (Å²) >= 11 is 1.85. The van der Waals surface area contributed by atoms with Crippen molar-refractivity contribution < 1.29 is 60.9 Å². The van der Waals surface area contributed by atoms with Crippen LogP contribution < -0.4 is 14.8 Å². The lowest BCUT2D eigenvalue weighted by atomic mass is 10.1. The normalized spacial score (nSPS) is 12.9. The summed E-state index contributed by atoms with van der Waals surface area (Å²) in [5.41, 5.74) is 4.62. The first-order chi connectivity index (χ1) is 37.7. The molecule has 0 spiro atoms. The molecule has 2 aromatic carbocycles. The zero-order valence-electron chi connectivity index (χ0n) is 47.3. The quantitative estimate of drug-likeness (QED) is 0.0257. The van der Waals surface area contributed by atoms with Crippen LogP contribution in [0, 0.1) is 0 Å². The molecule has 0 atom stereocenters. The maximum atomic E-state index is 11.9. The Kier molecular flexibility index (Phi) is 35.6. The molecule has 19 heteroatoms. The molecule has 0 unspecified atom stereocenters. The van der Waals surface area contributed by atoms with E-state index in [2.05, 4.69) is 127 Å². The van der Waals surface area contributed by atoms with E-state index >= 15 is 0 Å². The number of nitrogens with zero attached hydrogens (tertiary/aromatic N) is 6. The van der Waals surface area contributed by atoms with Crippen molar-refractivity contribution in [3.05, 3.63) is 83.3 Å². The average Bonchev–Trinajstić information content (AvgIpc) is 4.05. The van der Waals surface area contributed by atoms with Gasteiger partial charge in [0.1, 0.15) is 12.4 Å². The van der Waals surface area contributed by atoms with Gasteiger partial charge in [0.15, 0.2) is 12.7 Å². The Morgan fingerprint density at radius 3 is 1.91 bits per heavy atom. The Morgan fingerprint density at radius 1 is 0.675 bits per heavy atom. The van der Waals surface area contributed by atoms with Crippen LogP contribution in [0.1, 0.15) is 82.4 Å². The minimum Gasteiger partial charge on any atom is -0.381 e. The maximum absolute atomic E-state index is 11.9. The molecule has 0 bridgehead atoms.